The van der Waals surface area contributed by atoms with E-state index in [9.17, 15) is 4.79 Å². The summed E-state index contributed by atoms with van der Waals surface area (Å²) >= 11 is 0. The Morgan fingerprint density at radius 1 is 1.44 bits per heavy atom. The van der Waals surface area contributed by atoms with Crippen molar-refractivity contribution in [1.29, 1.82) is 0 Å². The Balaban J connectivity index is 2.07. The van der Waals surface area contributed by atoms with Crippen molar-refractivity contribution in [3.63, 3.8) is 0 Å². The van der Waals surface area contributed by atoms with Crippen LogP contribution in [0.15, 0.2) is 18.5 Å². The first-order valence-electron chi connectivity index (χ1n) is 6.39. The molecule has 5 heteroatoms. The van der Waals surface area contributed by atoms with Gasteiger partial charge in [-0.25, -0.2) is 4.98 Å². The molecule has 0 radical (unpaired) electrons. The predicted octanol–water partition coefficient (Wildman–Crippen LogP) is 1.59. The second kappa shape index (κ2) is 5.33. The highest BCUT2D eigenvalue weighted by molar-refractivity contribution is 5.79. The van der Waals surface area contributed by atoms with Gasteiger partial charge in [0.25, 0.3) is 0 Å². The Hall–Kier alpha value is -1.65. The van der Waals surface area contributed by atoms with Gasteiger partial charge in [-0.2, -0.15) is 5.10 Å². The number of nitrogens with one attached hydrogen (secondary N) is 1. The van der Waals surface area contributed by atoms with Crippen LogP contribution >= 0.6 is 0 Å². The number of amides is 1. The normalized spacial score (nSPS) is 17.3. The van der Waals surface area contributed by atoms with Crippen LogP contribution < -0.4 is 5.32 Å². The summed E-state index contributed by atoms with van der Waals surface area (Å²) in [5, 5.41) is 7.17. The molecule has 0 saturated heterocycles. The molecular weight excluding hydrogens is 228 g/mol. The zero-order chi connectivity index (χ0) is 13.1. The zero-order valence-electron chi connectivity index (χ0n) is 11.1. The van der Waals surface area contributed by atoms with Crippen molar-refractivity contribution in [2.45, 2.75) is 32.7 Å². The van der Waals surface area contributed by atoms with Crippen molar-refractivity contribution in [2.75, 3.05) is 0 Å². The van der Waals surface area contributed by atoms with Crippen molar-refractivity contribution < 1.29 is 4.79 Å². The molecule has 98 valence electrons. The maximum absolute atomic E-state index is 12.2. The molecule has 0 saturated carbocycles. The molecule has 0 aliphatic heterocycles. The van der Waals surface area contributed by atoms with Gasteiger partial charge < -0.3 is 5.32 Å². The first-order chi connectivity index (χ1) is 8.59. The number of nitrogens with zero attached hydrogens (tertiary/aromatic N) is 3. The zero-order valence-corrected chi connectivity index (χ0v) is 11.1. The molecule has 1 heterocycles. The summed E-state index contributed by atoms with van der Waals surface area (Å²) in [7, 11) is 1.85. The third kappa shape index (κ3) is 2.60. The largest absolute Gasteiger partial charge is 0.346 e. The van der Waals surface area contributed by atoms with Gasteiger partial charge in [-0.1, -0.05) is 26.0 Å². The lowest BCUT2D eigenvalue weighted by Crippen LogP contribution is -2.37. The summed E-state index contributed by atoms with van der Waals surface area (Å²) in [6.07, 6.45) is 7.34. The fourth-order valence-electron chi connectivity index (χ4n) is 2.22. The van der Waals surface area contributed by atoms with E-state index >= 15 is 0 Å². The standard InChI is InChI=1S/C13H20N4O/c1-9(2)11(12-14-8-15-17(12)3)16-13(18)10-6-4-5-7-10/h4-5,8-11H,6-7H2,1-3H3,(H,16,18). The number of rotatable bonds is 4. The number of aryl methyl sites for hydroxylation is 1. The highest BCUT2D eigenvalue weighted by Gasteiger charge is 2.26. The minimum Gasteiger partial charge on any atom is -0.346 e. The number of allylic oxidation sites excluding steroid dienone is 2. The summed E-state index contributed by atoms with van der Waals surface area (Å²) < 4.78 is 1.72. The molecule has 0 fully saturated rings. The molecule has 1 aromatic rings. The number of aromatic nitrogens is 3. The van der Waals surface area contributed by atoms with Gasteiger partial charge in [-0.15, -0.1) is 0 Å². The third-order valence-electron chi connectivity index (χ3n) is 3.37. The molecule has 0 spiro atoms. The van der Waals surface area contributed by atoms with Gasteiger partial charge in [0.15, 0.2) is 0 Å². The van der Waals surface area contributed by atoms with Crippen LogP contribution in [0.4, 0.5) is 0 Å². The highest BCUT2D eigenvalue weighted by atomic mass is 16.2. The van der Waals surface area contributed by atoms with E-state index in [1.54, 1.807) is 4.68 Å². The van der Waals surface area contributed by atoms with Crippen LogP contribution in [0, 0.1) is 11.8 Å². The van der Waals surface area contributed by atoms with Gasteiger partial charge in [0.05, 0.1) is 6.04 Å². The second-order valence-corrected chi connectivity index (χ2v) is 5.11. The lowest BCUT2D eigenvalue weighted by Gasteiger charge is -2.23. The van der Waals surface area contributed by atoms with Crippen molar-refractivity contribution >= 4 is 5.91 Å². The van der Waals surface area contributed by atoms with E-state index in [-0.39, 0.29) is 23.8 Å². The van der Waals surface area contributed by atoms with E-state index in [1.165, 1.54) is 6.33 Å². The second-order valence-electron chi connectivity index (χ2n) is 5.11. The molecule has 1 unspecified atom stereocenters. The average molecular weight is 248 g/mol. The van der Waals surface area contributed by atoms with Crippen molar-refractivity contribution in [3.8, 4) is 0 Å². The maximum atomic E-state index is 12.2. The van der Waals surface area contributed by atoms with Gasteiger partial charge in [0.2, 0.25) is 5.91 Å². The number of carbonyl (C=O) groups is 1. The van der Waals surface area contributed by atoms with E-state index in [2.05, 4.69) is 41.4 Å². The minimum atomic E-state index is -0.0781. The van der Waals surface area contributed by atoms with Gasteiger partial charge >= 0.3 is 0 Å². The predicted molar refractivity (Wildman–Crippen MR) is 68.6 cm³/mol. The van der Waals surface area contributed by atoms with Crippen molar-refractivity contribution in [2.24, 2.45) is 18.9 Å². The fraction of sp³-hybridized carbons (Fsp3) is 0.615. The van der Waals surface area contributed by atoms with Crippen molar-refractivity contribution in [1.82, 2.24) is 20.1 Å². The SMILES string of the molecule is CC(C)C(NC(=O)C1CC=CC1)c1ncnn1C. The minimum absolute atomic E-state index is 0.0781. The Morgan fingerprint density at radius 2 is 2.11 bits per heavy atom. The Kier molecular flexibility index (Phi) is 3.79. The van der Waals surface area contributed by atoms with Crippen LogP contribution in [0.2, 0.25) is 0 Å². The molecule has 2 rings (SSSR count). The van der Waals surface area contributed by atoms with Crippen LogP contribution in [-0.2, 0) is 11.8 Å². The fourth-order valence-corrected chi connectivity index (χ4v) is 2.22. The molecule has 0 bridgehead atoms. The number of carbonyl (C=O) groups excluding carboxylic acids is 1. The van der Waals surface area contributed by atoms with Crippen LogP contribution in [0.3, 0.4) is 0 Å². The van der Waals surface area contributed by atoms with Crippen LogP contribution in [0.5, 0.6) is 0 Å². The number of hydrogen-bond acceptors (Lipinski definition) is 3. The van der Waals surface area contributed by atoms with Gasteiger partial charge in [0.1, 0.15) is 12.2 Å². The van der Waals surface area contributed by atoms with Crippen LogP contribution in [0.25, 0.3) is 0 Å². The Bertz CT molecular complexity index is 442. The Morgan fingerprint density at radius 3 is 2.61 bits per heavy atom. The first kappa shape index (κ1) is 12.8. The summed E-state index contributed by atoms with van der Waals surface area (Å²) in [5.41, 5.74) is 0. The lowest BCUT2D eigenvalue weighted by molar-refractivity contribution is -0.125. The summed E-state index contributed by atoms with van der Waals surface area (Å²) in [6, 6.07) is -0.0781. The van der Waals surface area contributed by atoms with Crippen LogP contribution in [-0.4, -0.2) is 20.7 Å². The molecule has 1 amide bonds. The average Bonchev–Trinajstić information content (AvgIpc) is 2.96. The topological polar surface area (TPSA) is 59.8 Å². The molecule has 1 aliphatic carbocycles. The van der Waals surface area contributed by atoms with Gasteiger partial charge in [-0.3, -0.25) is 9.48 Å². The lowest BCUT2D eigenvalue weighted by atomic mass is 10.0. The summed E-state index contributed by atoms with van der Waals surface area (Å²) in [5.74, 6) is 1.29. The highest BCUT2D eigenvalue weighted by Crippen LogP contribution is 2.23. The molecule has 1 atom stereocenters. The van der Waals surface area contributed by atoms with Gasteiger partial charge in [-0.05, 0) is 18.8 Å². The quantitative estimate of drug-likeness (QED) is 0.823. The van der Waals surface area contributed by atoms with E-state index in [1.807, 2.05) is 7.05 Å². The van der Waals surface area contributed by atoms with E-state index < -0.39 is 0 Å². The third-order valence-corrected chi connectivity index (χ3v) is 3.37. The molecule has 1 aromatic heterocycles. The van der Waals surface area contributed by atoms with E-state index in [4.69, 9.17) is 0 Å². The molecular formula is C13H20N4O. The van der Waals surface area contributed by atoms with Crippen LogP contribution in [0.1, 0.15) is 38.6 Å². The monoisotopic (exact) mass is 248 g/mol. The maximum Gasteiger partial charge on any atom is 0.224 e. The van der Waals surface area contributed by atoms with Gasteiger partial charge in [0, 0.05) is 13.0 Å². The van der Waals surface area contributed by atoms with Crippen molar-refractivity contribution in [3.05, 3.63) is 24.3 Å². The molecule has 18 heavy (non-hydrogen) atoms. The Labute approximate surface area is 107 Å². The smallest absolute Gasteiger partial charge is 0.224 e. The first-order valence-corrected chi connectivity index (χ1v) is 6.39. The summed E-state index contributed by atoms with van der Waals surface area (Å²) in [6.45, 7) is 4.15. The van der Waals surface area contributed by atoms with E-state index in [0.717, 1.165) is 18.7 Å². The molecule has 5 nitrogen and oxygen atoms in total. The molecule has 1 aliphatic rings. The number of hydrogen-bond donors (Lipinski definition) is 1. The van der Waals surface area contributed by atoms with E-state index in [0.29, 0.717) is 0 Å². The molecule has 1 N–H and O–H groups in total. The molecule has 0 aromatic carbocycles. The summed E-state index contributed by atoms with van der Waals surface area (Å²) in [4.78, 5) is 16.4.